The van der Waals surface area contributed by atoms with E-state index in [0.29, 0.717) is 5.56 Å². The molecule has 2 aromatic rings. The van der Waals surface area contributed by atoms with Crippen LogP contribution in [-0.2, 0) is 23.8 Å². The van der Waals surface area contributed by atoms with E-state index in [-0.39, 0.29) is 16.7 Å². The minimum atomic E-state index is -4.58. The lowest BCUT2D eigenvalue weighted by molar-refractivity contribution is -0.183. The zero-order chi connectivity index (χ0) is 22.5. The molecule has 9 heteroatoms. The normalized spacial score (nSPS) is 15.6. The van der Waals surface area contributed by atoms with Crippen molar-refractivity contribution < 1.29 is 17.7 Å². The summed E-state index contributed by atoms with van der Waals surface area (Å²) in [5.41, 5.74) is -1.37. The third kappa shape index (κ3) is 4.46. The fraction of sp³-hybridized carbons (Fsp3) is 0.600. The Kier molecular flexibility index (Phi) is 6.20. The Morgan fingerprint density at radius 1 is 1.17 bits per heavy atom. The van der Waals surface area contributed by atoms with Gasteiger partial charge in [-0.1, -0.05) is 6.07 Å². The molecule has 162 valence electrons. The standard InChI is InChI=1S/C20H28F3N3O2S/c1-11-9-13(12(2)25-29(28)18(3,4)5)15-14(10-11)16(27)26(8)17(24-15)19(6,7)20(21,22)23/h9-10,12,25H,1-8H3. The van der Waals surface area contributed by atoms with Gasteiger partial charge in [0, 0.05) is 24.0 Å². The molecule has 1 aromatic carbocycles. The molecule has 2 atom stereocenters. The molecule has 0 saturated heterocycles. The average molecular weight is 432 g/mol. The summed E-state index contributed by atoms with van der Waals surface area (Å²) in [6.45, 7) is 11.0. The SMILES string of the molecule is Cc1cc(C(C)N[S+]([O-])C(C)(C)C)c2nc(C(C)(C)C(F)(F)F)n(C)c(=O)c2c1. The van der Waals surface area contributed by atoms with Gasteiger partial charge in [-0.15, -0.1) is 4.72 Å². The average Bonchev–Trinajstić information content (AvgIpc) is 2.55. The molecule has 0 aliphatic carbocycles. The monoisotopic (exact) mass is 431 g/mol. The summed E-state index contributed by atoms with van der Waals surface area (Å²) in [5.74, 6) is -0.364. The van der Waals surface area contributed by atoms with E-state index in [1.807, 2.05) is 20.8 Å². The van der Waals surface area contributed by atoms with Crippen LogP contribution in [-0.4, -0.2) is 25.0 Å². The van der Waals surface area contributed by atoms with E-state index in [4.69, 9.17) is 0 Å². The zero-order valence-electron chi connectivity index (χ0n) is 18.0. The lowest BCUT2D eigenvalue weighted by Crippen LogP contribution is -2.42. The zero-order valence-corrected chi connectivity index (χ0v) is 18.8. The van der Waals surface area contributed by atoms with E-state index in [1.165, 1.54) is 7.05 Å². The molecule has 0 fully saturated rings. The summed E-state index contributed by atoms with van der Waals surface area (Å²) in [6.07, 6.45) is -4.58. The molecule has 2 rings (SSSR count). The second-order valence-corrected chi connectivity index (χ2v) is 10.9. The van der Waals surface area contributed by atoms with E-state index in [0.717, 1.165) is 24.0 Å². The first-order valence-electron chi connectivity index (χ1n) is 9.25. The molecule has 1 aromatic heterocycles. The van der Waals surface area contributed by atoms with Crippen LogP contribution in [0.3, 0.4) is 0 Å². The van der Waals surface area contributed by atoms with Crippen LogP contribution in [0.4, 0.5) is 13.2 Å². The lowest BCUT2D eigenvalue weighted by Gasteiger charge is -2.30. The number of halogens is 3. The highest BCUT2D eigenvalue weighted by molar-refractivity contribution is 7.90. The van der Waals surface area contributed by atoms with Gasteiger partial charge in [-0.2, -0.15) is 13.2 Å². The van der Waals surface area contributed by atoms with E-state index < -0.39 is 39.3 Å². The summed E-state index contributed by atoms with van der Waals surface area (Å²) in [7, 11) is 1.30. The van der Waals surface area contributed by atoms with Crippen molar-refractivity contribution in [2.45, 2.75) is 70.8 Å². The molecule has 1 N–H and O–H groups in total. The summed E-state index contributed by atoms with van der Waals surface area (Å²) in [4.78, 5) is 17.2. The largest absolute Gasteiger partial charge is 0.598 e. The second kappa shape index (κ2) is 7.59. The molecular formula is C20H28F3N3O2S. The number of hydrogen-bond donors (Lipinski definition) is 1. The fourth-order valence-electron chi connectivity index (χ4n) is 2.97. The number of aryl methyl sites for hydroxylation is 1. The van der Waals surface area contributed by atoms with Crippen molar-refractivity contribution in [3.05, 3.63) is 39.4 Å². The van der Waals surface area contributed by atoms with E-state index in [1.54, 1.807) is 26.0 Å². The van der Waals surface area contributed by atoms with Crippen molar-refractivity contribution in [1.82, 2.24) is 14.3 Å². The number of aromatic nitrogens is 2. The quantitative estimate of drug-likeness (QED) is 0.737. The number of rotatable bonds is 4. The van der Waals surface area contributed by atoms with Crippen molar-refractivity contribution in [3.63, 3.8) is 0 Å². The smallest absolute Gasteiger partial charge is 0.400 e. The summed E-state index contributed by atoms with van der Waals surface area (Å²) < 4.78 is 56.9. The number of hydrogen-bond acceptors (Lipinski definition) is 4. The highest BCUT2D eigenvalue weighted by Gasteiger charge is 2.51. The maximum absolute atomic E-state index is 13.6. The number of benzene rings is 1. The number of alkyl halides is 3. The molecule has 0 radical (unpaired) electrons. The minimum Gasteiger partial charge on any atom is -0.598 e. The molecule has 0 amide bonds. The Bertz CT molecular complexity index is 978. The van der Waals surface area contributed by atoms with E-state index in [9.17, 15) is 22.5 Å². The van der Waals surface area contributed by atoms with Crippen molar-refractivity contribution in [1.29, 1.82) is 0 Å². The summed E-state index contributed by atoms with van der Waals surface area (Å²) in [6, 6.07) is 2.89. The molecule has 0 spiro atoms. The molecule has 0 saturated carbocycles. The Hall–Kier alpha value is -1.58. The van der Waals surface area contributed by atoms with Gasteiger partial charge in [-0.05, 0) is 60.1 Å². The predicted octanol–water partition coefficient (Wildman–Crippen LogP) is 4.19. The third-order valence-corrected chi connectivity index (χ3v) is 6.61. The van der Waals surface area contributed by atoms with Gasteiger partial charge < -0.3 is 4.55 Å². The summed E-state index contributed by atoms with van der Waals surface area (Å²) in [5, 5.41) is 0.236. The highest BCUT2D eigenvalue weighted by Crippen LogP contribution is 2.39. The minimum absolute atomic E-state index is 0.192. The Morgan fingerprint density at radius 3 is 2.21 bits per heavy atom. The Balaban J connectivity index is 2.77. The number of fused-ring (bicyclic) bond motifs is 1. The second-order valence-electron chi connectivity index (χ2n) is 8.89. The lowest BCUT2D eigenvalue weighted by atomic mass is 9.90. The Morgan fingerprint density at radius 2 is 1.72 bits per heavy atom. The molecule has 29 heavy (non-hydrogen) atoms. The highest BCUT2D eigenvalue weighted by atomic mass is 32.2. The number of nitrogens with one attached hydrogen (secondary N) is 1. The number of nitrogens with zero attached hydrogens (tertiary/aromatic N) is 2. The van der Waals surface area contributed by atoms with E-state index in [2.05, 4.69) is 9.71 Å². The maximum Gasteiger partial charge on any atom is 0.400 e. The van der Waals surface area contributed by atoms with Crippen molar-refractivity contribution in [2.75, 3.05) is 0 Å². The predicted molar refractivity (Wildman–Crippen MR) is 110 cm³/mol. The molecule has 0 aliphatic heterocycles. The van der Waals surface area contributed by atoms with Gasteiger partial charge in [0.05, 0.1) is 16.9 Å². The first-order chi connectivity index (χ1) is 13.0. The molecule has 0 aliphatic rings. The van der Waals surface area contributed by atoms with Crippen LogP contribution >= 0.6 is 0 Å². The van der Waals surface area contributed by atoms with Crippen molar-refractivity contribution in [3.8, 4) is 0 Å². The molecule has 1 heterocycles. The summed E-state index contributed by atoms with van der Waals surface area (Å²) >= 11 is -1.40. The topological polar surface area (TPSA) is 70.0 Å². The third-order valence-electron chi connectivity index (χ3n) is 4.93. The molecule has 0 bridgehead atoms. The van der Waals surface area contributed by atoms with Crippen molar-refractivity contribution in [2.24, 2.45) is 7.05 Å². The van der Waals surface area contributed by atoms with Gasteiger partial charge in [0.25, 0.3) is 5.56 Å². The fourth-order valence-corrected chi connectivity index (χ4v) is 3.77. The van der Waals surface area contributed by atoms with Crippen LogP contribution in [0.1, 0.15) is 64.5 Å². The van der Waals surface area contributed by atoms with Crippen LogP contribution < -0.4 is 10.3 Å². The first-order valence-corrected chi connectivity index (χ1v) is 10.4. The van der Waals surface area contributed by atoms with Crippen LogP contribution in [0.25, 0.3) is 10.9 Å². The maximum atomic E-state index is 13.6. The van der Waals surface area contributed by atoms with Gasteiger partial charge in [0.1, 0.15) is 16.0 Å². The van der Waals surface area contributed by atoms with Crippen LogP contribution in [0, 0.1) is 6.92 Å². The Labute approximate surface area is 172 Å². The van der Waals surface area contributed by atoms with Crippen LogP contribution in [0.2, 0.25) is 0 Å². The van der Waals surface area contributed by atoms with Gasteiger partial charge in [-0.3, -0.25) is 9.36 Å². The molecule has 5 nitrogen and oxygen atoms in total. The molecular weight excluding hydrogens is 403 g/mol. The first kappa shape index (κ1) is 23.7. The van der Waals surface area contributed by atoms with E-state index >= 15 is 0 Å². The van der Waals surface area contributed by atoms with Gasteiger partial charge >= 0.3 is 6.18 Å². The van der Waals surface area contributed by atoms with Gasteiger partial charge in [0.2, 0.25) is 0 Å². The van der Waals surface area contributed by atoms with Crippen LogP contribution in [0.5, 0.6) is 0 Å². The van der Waals surface area contributed by atoms with Gasteiger partial charge in [0.15, 0.2) is 0 Å². The van der Waals surface area contributed by atoms with Crippen LogP contribution in [0.15, 0.2) is 16.9 Å². The van der Waals surface area contributed by atoms with Gasteiger partial charge in [-0.25, -0.2) is 4.98 Å². The molecule has 2 unspecified atom stereocenters. The van der Waals surface area contributed by atoms with Crippen molar-refractivity contribution >= 4 is 22.3 Å².